The van der Waals surface area contributed by atoms with Crippen molar-refractivity contribution in [3.8, 4) is 11.5 Å². The van der Waals surface area contributed by atoms with Gasteiger partial charge in [0, 0.05) is 5.56 Å². The highest BCUT2D eigenvalue weighted by Gasteiger charge is 2.16. The Balaban J connectivity index is 2.04. The van der Waals surface area contributed by atoms with Gasteiger partial charge < -0.3 is 9.47 Å². The minimum Gasteiger partial charge on any atom is -0.493 e. The fourth-order valence-electron chi connectivity index (χ4n) is 2.20. The maximum atomic E-state index is 13.5. The Hall–Kier alpha value is -2.51. The summed E-state index contributed by atoms with van der Waals surface area (Å²) in [7, 11) is 1.46. The second kappa shape index (κ2) is 10.1. The summed E-state index contributed by atoms with van der Waals surface area (Å²) in [6, 6.07) is 6.61. The van der Waals surface area contributed by atoms with E-state index in [9.17, 15) is 14.0 Å². The minimum absolute atomic E-state index is 0.0478. The topological polar surface area (TPSA) is 76.7 Å². The summed E-state index contributed by atoms with van der Waals surface area (Å²) in [6.45, 7) is 2.58. The van der Waals surface area contributed by atoms with Crippen molar-refractivity contribution in [1.82, 2.24) is 10.9 Å². The van der Waals surface area contributed by atoms with E-state index in [-0.39, 0.29) is 21.2 Å². The van der Waals surface area contributed by atoms with Gasteiger partial charge in [-0.15, -0.1) is 0 Å². The first-order valence-corrected chi connectivity index (χ1v) is 9.19. The van der Waals surface area contributed by atoms with Crippen molar-refractivity contribution < 1.29 is 23.5 Å². The molecule has 0 aliphatic carbocycles. The summed E-state index contributed by atoms with van der Waals surface area (Å²) in [5.74, 6) is -1.29. The highest BCUT2D eigenvalue weighted by Crippen LogP contribution is 2.28. The molecule has 150 valence electrons. The second-order valence-electron chi connectivity index (χ2n) is 5.72. The Morgan fingerprint density at radius 3 is 2.43 bits per heavy atom. The maximum absolute atomic E-state index is 13.5. The summed E-state index contributed by atoms with van der Waals surface area (Å²) in [5, 5.41) is -0.257. The van der Waals surface area contributed by atoms with E-state index >= 15 is 0 Å². The number of ether oxygens (including phenoxy) is 2. The van der Waals surface area contributed by atoms with Crippen LogP contribution in [0.5, 0.6) is 11.5 Å². The largest absolute Gasteiger partial charge is 0.493 e. The number of nitrogens with one attached hydrogen (secondary N) is 2. The third-order valence-corrected chi connectivity index (χ3v) is 4.33. The van der Waals surface area contributed by atoms with E-state index in [2.05, 4.69) is 10.9 Å². The number of methoxy groups -OCH3 is 1. The van der Waals surface area contributed by atoms with Crippen LogP contribution in [0.2, 0.25) is 10.0 Å². The first-order chi connectivity index (χ1) is 13.4. The van der Waals surface area contributed by atoms with E-state index < -0.39 is 17.6 Å². The van der Waals surface area contributed by atoms with Gasteiger partial charge in [0.1, 0.15) is 5.82 Å². The summed E-state index contributed by atoms with van der Waals surface area (Å²) >= 11 is 11.5. The van der Waals surface area contributed by atoms with Gasteiger partial charge in [-0.2, -0.15) is 0 Å². The van der Waals surface area contributed by atoms with Crippen LogP contribution in [0.4, 0.5) is 4.39 Å². The molecule has 0 aromatic heterocycles. The summed E-state index contributed by atoms with van der Waals surface area (Å²) in [4.78, 5) is 24.4. The lowest BCUT2D eigenvalue weighted by molar-refractivity contribution is 0.0846. The predicted molar refractivity (Wildman–Crippen MR) is 105 cm³/mol. The molecule has 0 fully saturated rings. The molecular formula is C19H19Cl2FN2O4. The van der Waals surface area contributed by atoms with E-state index in [1.165, 1.54) is 19.2 Å². The zero-order chi connectivity index (χ0) is 20.7. The van der Waals surface area contributed by atoms with Gasteiger partial charge in [-0.1, -0.05) is 36.5 Å². The molecule has 2 aromatic rings. The van der Waals surface area contributed by atoms with Crippen LogP contribution < -0.4 is 20.3 Å². The first kappa shape index (κ1) is 21.8. The molecule has 0 saturated carbocycles. The predicted octanol–water partition coefficient (Wildman–Crippen LogP) is 4.39. The Morgan fingerprint density at radius 2 is 1.75 bits per heavy atom. The number of hydrazine groups is 1. The molecule has 0 bridgehead atoms. The van der Waals surface area contributed by atoms with Crippen LogP contribution in [0.1, 0.15) is 40.5 Å². The minimum atomic E-state index is -0.800. The van der Waals surface area contributed by atoms with Gasteiger partial charge in [-0.25, -0.2) is 4.39 Å². The molecule has 0 spiro atoms. The number of rotatable bonds is 7. The number of carbonyl (C=O) groups excluding carboxylic acids is 2. The molecule has 6 nitrogen and oxygen atoms in total. The van der Waals surface area contributed by atoms with Crippen molar-refractivity contribution in [1.29, 1.82) is 0 Å². The molecule has 0 atom stereocenters. The molecule has 2 aromatic carbocycles. The molecule has 2 rings (SSSR count). The quantitative estimate of drug-likeness (QED) is 0.389. The molecule has 0 radical (unpaired) electrons. The van der Waals surface area contributed by atoms with Gasteiger partial charge in [0.15, 0.2) is 11.5 Å². The van der Waals surface area contributed by atoms with Crippen molar-refractivity contribution >= 4 is 35.0 Å². The van der Waals surface area contributed by atoms with Crippen molar-refractivity contribution in [2.45, 2.75) is 19.8 Å². The monoisotopic (exact) mass is 428 g/mol. The number of carbonyl (C=O) groups is 2. The normalized spacial score (nSPS) is 10.3. The highest BCUT2D eigenvalue weighted by molar-refractivity contribution is 6.36. The lowest BCUT2D eigenvalue weighted by atomic mass is 10.2. The number of hydrogen-bond acceptors (Lipinski definition) is 4. The standard InChI is InChI=1S/C19H19Cl2FN2O4/c1-3-4-7-28-16-6-5-11(8-17(16)27-2)18(25)23-24-19(26)12-9-15(22)14(21)10-13(12)20/h5-6,8-10H,3-4,7H2,1-2H3,(H,23,25)(H,24,26). The number of amides is 2. The van der Waals surface area contributed by atoms with Gasteiger partial charge in [0.25, 0.3) is 11.8 Å². The zero-order valence-electron chi connectivity index (χ0n) is 15.3. The van der Waals surface area contributed by atoms with E-state index in [0.717, 1.165) is 25.0 Å². The van der Waals surface area contributed by atoms with Crippen LogP contribution in [-0.2, 0) is 0 Å². The van der Waals surface area contributed by atoms with E-state index in [1.54, 1.807) is 6.07 Å². The third kappa shape index (κ3) is 5.50. The summed E-state index contributed by atoms with van der Waals surface area (Å²) in [6.07, 6.45) is 1.88. The Kier molecular flexibility index (Phi) is 7.90. The molecule has 2 amide bonds. The molecule has 28 heavy (non-hydrogen) atoms. The Morgan fingerprint density at radius 1 is 1.04 bits per heavy atom. The number of benzene rings is 2. The molecule has 0 saturated heterocycles. The summed E-state index contributed by atoms with van der Waals surface area (Å²) in [5.41, 5.74) is 4.47. The van der Waals surface area contributed by atoms with E-state index in [4.69, 9.17) is 32.7 Å². The van der Waals surface area contributed by atoms with Crippen LogP contribution in [0.15, 0.2) is 30.3 Å². The maximum Gasteiger partial charge on any atom is 0.271 e. The highest BCUT2D eigenvalue weighted by atomic mass is 35.5. The first-order valence-electron chi connectivity index (χ1n) is 8.43. The van der Waals surface area contributed by atoms with Crippen molar-refractivity contribution in [2.75, 3.05) is 13.7 Å². The van der Waals surface area contributed by atoms with Crippen molar-refractivity contribution in [3.05, 3.63) is 57.3 Å². The lowest BCUT2D eigenvalue weighted by Gasteiger charge is -2.13. The molecule has 2 N–H and O–H groups in total. The van der Waals surface area contributed by atoms with Gasteiger partial charge in [0.2, 0.25) is 0 Å². The lowest BCUT2D eigenvalue weighted by Crippen LogP contribution is -2.41. The van der Waals surface area contributed by atoms with Crippen molar-refractivity contribution in [2.24, 2.45) is 0 Å². The molecule has 0 heterocycles. The van der Waals surface area contributed by atoms with E-state index in [1.807, 2.05) is 6.92 Å². The average Bonchev–Trinajstić information content (AvgIpc) is 2.68. The van der Waals surface area contributed by atoms with Crippen LogP contribution in [-0.4, -0.2) is 25.5 Å². The van der Waals surface area contributed by atoms with Gasteiger partial charge in [0.05, 0.1) is 29.3 Å². The van der Waals surface area contributed by atoms with Gasteiger partial charge in [-0.3, -0.25) is 20.4 Å². The molecule has 0 aliphatic heterocycles. The molecular weight excluding hydrogens is 410 g/mol. The SMILES string of the molecule is CCCCOc1ccc(C(=O)NNC(=O)c2cc(F)c(Cl)cc2Cl)cc1OC. The fourth-order valence-corrected chi connectivity index (χ4v) is 2.67. The Labute approximate surface area is 171 Å². The van der Waals surface area contributed by atoms with Crippen LogP contribution in [0.25, 0.3) is 0 Å². The van der Waals surface area contributed by atoms with Gasteiger partial charge >= 0.3 is 0 Å². The second-order valence-corrected chi connectivity index (χ2v) is 6.54. The van der Waals surface area contributed by atoms with Gasteiger partial charge in [-0.05, 0) is 36.8 Å². The third-order valence-electron chi connectivity index (χ3n) is 3.73. The molecule has 0 unspecified atom stereocenters. The summed E-state index contributed by atoms with van der Waals surface area (Å²) < 4.78 is 24.4. The smallest absolute Gasteiger partial charge is 0.271 e. The van der Waals surface area contributed by atoms with Crippen LogP contribution >= 0.6 is 23.2 Å². The zero-order valence-corrected chi connectivity index (χ0v) is 16.8. The van der Waals surface area contributed by atoms with Crippen molar-refractivity contribution in [3.63, 3.8) is 0 Å². The number of halogens is 3. The average molecular weight is 429 g/mol. The molecule has 9 heteroatoms. The number of hydrogen-bond donors (Lipinski definition) is 2. The van der Waals surface area contributed by atoms with Crippen LogP contribution in [0, 0.1) is 5.82 Å². The van der Waals surface area contributed by atoms with E-state index in [0.29, 0.717) is 18.1 Å². The Bertz CT molecular complexity index is 877. The number of unbranched alkanes of at least 4 members (excludes halogenated alkanes) is 1. The van der Waals surface area contributed by atoms with Crippen LogP contribution in [0.3, 0.4) is 0 Å². The fraction of sp³-hybridized carbons (Fsp3) is 0.263. The molecule has 0 aliphatic rings.